The molecule has 34 heavy (non-hydrogen) atoms. The molecule has 4 N–H and O–H groups in total. The second kappa shape index (κ2) is 8.67. The zero-order chi connectivity index (χ0) is 22.9. The third kappa shape index (κ3) is 4.13. The Morgan fingerprint density at radius 3 is 2.68 bits per heavy atom. The van der Waals surface area contributed by atoms with Crippen LogP contribution in [0, 0.1) is 0 Å². The fourth-order valence-electron chi connectivity index (χ4n) is 4.61. The molecule has 3 aromatic rings. The van der Waals surface area contributed by atoms with Gasteiger partial charge in [0.2, 0.25) is 5.95 Å². The number of hydrazone groups is 1. The highest BCUT2D eigenvalue weighted by Crippen LogP contribution is 2.25. The van der Waals surface area contributed by atoms with Gasteiger partial charge in [0.1, 0.15) is 5.84 Å². The van der Waals surface area contributed by atoms with E-state index in [9.17, 15) is 4.79 Å². The van der Waals surface area contributed by atoms with E-state index in [0.29, 0.717) is 49.5 Å². The first-order valence-corrected chi connectivity index (χ1v) is 11.3. The van der Waals surface area contributed by atoms with Crippen LogP contribution in [-0.4, -0.2) is 49.4 Å². The molecule has 1 aromatic carbocycles. The molecule has 0 saturated heterocycles. The van der Waals surface area contributed by atoms with Crippen LogP contribution in [0.1, 0.15) is 38.6 Å². The van der Waals surface area contributed by atoms with E-state index in [1.165, 1.54) is 11.1 Å². The predicted octanol–water partition coefficient (Wildman–Crippen LogP) is 0.513. The van der Waals surface area contributed by atoms with Gasteiger partial charge >= 0.3 is 0 Å². The van der Waals surface area contributed by atoms with E-state index in [-0.39, 0.29) is 5.91 Å². The molecule has 0 radical (unpaired) electrons. The van der Waals surface area contributed by atoms with Gasteiger partial charge in [-0.3, -0.25) is 10.2 Å². The Bertz CT molecular complexity index is 1230. The molecule has 1 amide bonds. The van der Waals surface area contributed by atoms with Gasteiger partial charge in [-0.1, -0.05) is 24.3 Å². The van der Waals surface area contributed by atoms with E-state index < -0.39 is 0 Å². The lowest BCUT2D eigenvalue weighted by Gasteiger charge is -2.28. The average molecular weight is 457 g/mol. The number of carbonyl (C=O) groups excluding carboxylic acids is 1. The molecule has 0 bridgehead atoms. The molecule has 0 atom stereocenters. The summed E-state index contributed by atoms with van der Waals surface area (Å²) in [6.07, 6.45) is 4.96. The van der Waals surface area contributed by atoms with Crippen LogP contribution in [-0.2, 0) is 32.2 Å². The summed E-state index contributed by atoms with van der Waals surface area (Å²) in [6, 6.07) is 12.4. The smallest absolute Gasteiger partial charge is 0.274 e. The Morgan fingerprint density at radius 1 is 1.09 bits per heavy atom. The number of benzene rings is 1. The molecular weight excluding hydrogens is 432 g/mol. The molecule has 3 aliphatic rings. The van der Waals surface area contributed by atoms with Crippen molar-refractivity contribution in [1.82, 2.24) is 41.6 Å². The number of hydrogen-bond donors (Lipinski definition) is 4. The van der Waals surface area contributed by atoms with Gasteiger partial charge in [0.25, 0.3) is 5.91 Å². The molecule has 2 aliphatic heterocycles. The Balaban J connectivity index is 1.08. The standard InChI is InChI=1S/C23H24N10O/c34-22(20-6-5-17(27-28-20)11-21-29-31-32-30-21)33-8-7-19-16(13-33)12-24-23(26-19)25-18-9-14-3-1-2-4-15(14)10-18/h1-6,12,18,31-32H,7-11,13H2,(H,29,30)(H,24,25,26). The second-order valence-electron chi connectivity index (χ2n) is 8.67. The minimum absolute atomic E-state index is 0.143. The molecule has 0 unspecified atom stereocenters. The Morgan fingerprint density at radius 2 is 1.94 bits per heavy atom. The van der Waals surface area contributed by atoms with Gasteiger partial charge in [-0.15, -0.1) is 15.7 Å². The molecule has 172 valence electrons. The lowest BCUT2D eigenvalue weighted by molar-refractivity contribution is 0.0726. The molecule has 2 aromatic heterocycles. The number of nitrogens with zero attached hydrogens (tertiary/aromatic N) is 6. The molecule has 0 saturated carbocycles. The number of anilines is 1. The second-order valence-corrected chi connectivity index (χ2v) is 8.67. The maximum Gasteiger partial charge on any atom is 0.274 e. The first kappa shape index (κ1) is 20.5. The summed E-state index contributed by atoms with van der Waals surface area (Å²) in [7, 11) is 0. The maximum absolute atomic E-state index is 13.0. The molecule has 11 heteroatoms. The zero-order valence-electron chi connectivity index (χ0n) is 18.5. The minimum atomic E-state index is -0.143. The van der Waals surface area contributed by atoms with E-state index in [0.717, 1.165) is 29.8 Å². The number of aromatic nitrogens is 4. The highest BCUT2D eigenvalue weighted by atomic mass is 16.2. The van der Waals surface area contributed by atoms with Crippen LogP contribution < -0.4 is 21.8 Å². The average Bonchev–Trinajstić information content (AvgIpc) is 3.53. The van der Waals surface area contributed by atoms with Crippen LogP contribution in [0.4, 0.5) is 5.95 Å². The number of nitrogens with one attached hydrogen (secondary N) is 4. The molecular formula is C23H24N10O. The van der Waals surface area contributed by atoms with Gasteiger partial charge in [-0.25, -0.2) is 15.5 Å². The minimum Gasteiger partial charge on any atom is -0.351 e. The third-order valence-electron chi connectivity index (χ3n) is 6.35. The van der Waals surface area contributed by atoms with Crippen LogP contribution in [0.5, 0.6) is 0 Å². The molecule has 4 heterocycles. The SMILES string of the molecule is O=C(c1ccc(CC2=NNNN2)nn1)N1CCc2nc(NC3Cc4ccccc4C3)ncc2C1. The monoisotopic (exact) mass is 456 g/mol. The van der Waals surface area contributed by atoms with Gasteiger partial charge < -0.3 is 10.2 Å². The summed E-state index contributed by atoms with van der Waals surface area (Å²) < 4.78 is 0. The first-order valence-electron chi connectivity index (χ1n) is 11.3. The summed E-state index contributed by atoms with van der Waals surface area (Å²) in [4.78, 5) is 24.0. The number of hydrogen-bond acceptors (Lipinski definition) is 10. The topological polar surface area (TPSA) is 132 Å². The molecule has 11 nitrogen and oxygen atoms in total. The van der Waals surface area contributed by atoms with Crippen molar-refractivity contribution in [2.24, 2.45) is 5.10 Å². The molecule has 0 spiro atoms. The maximum atomic E-state index is 13.0. The number of rotatable bonds is 5. The fraction of sp³-hybridized carbons (Fsp3) is 0.304. The van der Waals surface area contributed by atoms with E-state index in [1.807, 2.05) is 6.20 Å². The largest absolute Gasteiger partial charge is 0.351 e. The normalized spacial score (nSPS) is 16.8. The van der Waals surface area contributed by atoms with Crippen molar-refractivity contribution in [3.8, 4) is 0 Å². The first-order chi connectivity index (χ1) is 16.7. The van der Waals surface area contributed by atoms with Crippen molar-refractivity contribution < 1.29 is 4.79 Å². The quantitative estimate of drug-likeness (QED) is 0.434. The van der Waals surface area contributed by atoms with Crippen molar-refractivity contribution in [2.75, 3.05) is 11.9 Å². The van der Waals surface area contributed by atoms with Crippen LogP contribution in [0.25, 0.3) is 0 Å². The molecule has 6 rings (SSSR count). The van der Waals surface area contributed by atoms with Crippen LogP contribution in [0.3, 0.4) is 0 Å². The highest BCUT2D eigenvalue weighted by Gasteiger charge is 2.26. The van der Waals surface area contributed by atoms with Gasteiger partial charge in [-0.2, -0.15) is 5.10 Å². The van der Waals surface area contributed by atoms with Crippen LogP contribution in [0.15, 0.2) is 47.7 Å². The van der Waals surface area contributed by atoms with Crippen molar-refractivity contribution in [3.05, 3.63) is 76.4 Å². The van der Waals surface area contributed by atoms with Gasteiger partial charge in [0, 0.05) is 37.3 Å². The summed E-state index contributed by atoms with van der Waals surface area (Å²) >= 11 is 0. The van der Waals surface area contributed by atoms with Gasteiger partial charge in [0.15, 0.2) is 5.69 Å². The van der Waals surface area contributed by atoms with E-state index >= 15 is 0 Å². The van der Waals surface area contributed by atoms with Gasteiger partial charge in [0.05, 0.1) is 17.8 Å². The lowest BCUT2D eigenvalue weighted by atomic mass is 10.1. The fourth-order valence-corrected chi connectivity index (χ4v) is 4.61. The molecule has 0 fully saturated rings. The predicted molar refractivity (Wildman–Crippen MR) is 124 cm³/mol. The number of fused-ring (bicyclic) bond motifs is 2. The number of amidine groups is 1. The van der Waals surface area contributed by atoms with Crippen molar-refractivity contribution in [2.45, 2.75) is 38.3 Å². The highest BCUT2D eigenvalue weighted by molar-refractivity contribution is 5.92. The summed E-state index contributed by atoms with van der Waals surface area (Å²) in [5.74, 6) is 1.21. The van der Waals surface area contributed by atoms with Crippen molar-refractivity contribution in [1.29, 1.82) is 0 Å². The van der Waals surface area contributed by atoms with E-state index in [1.54, 1.807) is 17.0 Å². The van der Waals surface area contributed by atoms with Crippen molar-refractivity contribution >= 4 is 17.7 Å². The van der Waals surface area contributed by atoms with E-state index in [4.69, 9.17) is 4.98 Å². The number of carbonyl (C=O) groups is 1. The number of hydrazine groups is 2. The molecule has 1 aliphatic carbocycles. The zero-order valence-corrected chi connectivity index (χ0v) is 18.5. The summed E-state index contributed by atoms with van der Waals surface area (Å²) in [6.45, 7) is 1.05. The lowest BCUT2D eigenvalue weighted by Crippen LogP contribution is -2.37. The third-order valence-corrected chi connectivity index (χ3v) is 6.35. The Labute approximate surface area is 196 Å². The van der Waals surface area contributed by atoms with Crippen LogP contribution in [0.2, 0.25) is 0 Å². The van der Waals surface area contributed by atoms with Crippen LogP contribution >= 0.6 is 0 Å². The van der Waals surface area contributed by atoms with Crippen molar-refractivity contribution in [3.63, 3.8) is 0 Å². The Hall–Kier alpha value is -4.12. The summed E-state index contributed by atoms with van der Waals surface area (Å²) in [5.41, 5.74) is 13.9. The number of amides is 1. The van der Waals surface area contributed by atoms with Gasteiger partial charge in [-0.05, 0) is 36.1 Å². The van der Waals surface area contributed by atoms with E-state index in [2.05, 4.69) is 66.4 Å². The summed E-state index contributed by atoms with van der Waals surface area (Å²) in [5, 5.41) is 15.8. The Kier molecular flexibility index (Phi) is 5.22.